The van der Waals surface area contributed by atoms with E-state index in [0.29, 0.717) is 5.75 Å². The van der Waals surface area contributed by atoms with Crippen molar-refractivity contribution in [3.05, 3.63) is 72.6 Å². The molecule has 0 spiro atoms. The maximum atomic E-state index is 12.5. The summed E-state index contributed by atoms with van der Waals surface area (Å²) in [6, 6.07) is 18.4. The van der Waals surface area contributed by atoms with Gasteiger partial charge in [0.2, 0.25) is 5.91 Å². The Morgan fingerprint density at radius 3 is 2.39 bits per heavy atom. The molecule has 0 saturated carbocycles. The summed E-state index contributed by atoms with van der Waals surface area (Å²) in [5.41, 5.74) is 3.27. The number of amides is 1. The topological polar surface area (TPSA) is 61.4 Å². The van der Waals surface area contributed by atoms with Gasteiger partial charge in [-0.2, -0.15) is 0 Å². The average Bonchev–Trinajstić information content (AvgIpc) is 2.84. The normalized spacial score (nSPS) is 13.8. The first-order valence-corrected chi connectivity index (χ1v) is 11.6. The van der Waals surface area contributed by atoms with Crippen molar-refractivity contribution in [3.63, 3.8) is 0 Å². The van der Waals surface area contributed by atoms with E-state index >= 15 is 0 Å². The molecule has 1 N–H and O–H groups in total. The van der Waals surface area contributed by atoms with Gasteiger partial charge in [0, 0.05) is 49.9 Å². The minimum atomic E-state index is -0.0311. The van der Waals surface area contributed by atoms with Crippen LogP contribution < -0.4 is 15.1 Å². The molecule has 0 radical (unpaired) electrons. The number of nitrogens with zero attached hydrogens (tertiary/aromatic N) is 4. The molecule has 4 rings (SSSR count). The quantitative estimate of drug-likeness (QED) is 0.566. The molecule has 1 aliphatic rings. The minimum Gasteiger partial charge on any atom is -0.368 e. The largest absolute Gasteiger partial charge is 0.368 e. The van der Waals surface area contributed by atoms with Crippen LogP contribution in [0.25, 0.3) is 0 Å². The number of aromatic nitrogens is 2. The number of nitrogens with one attached hydrogen (secondary N) is 1. The highest BCUT2D eigenvalue weighted by Gasteiger charge is 2.21. The van der Waals surface area contributed by atoms with E-state index in [1.54, 1.807) is 12.4 Å². The molecule has 3 aromatic rings. The lowest BCUT2D eigenvalue weighted by Crippen LogP contribution is -2.47. The number of anilines is 3. The monoisotopic (exact) mass is 433 g/mol. The van der Waals surface area contributed by atoms with E-state index in [-0.39, 0.29) is 5.91 Å². The van der Waals surface area contributed by atoms with E-state index in [4.69, 9.17) is 0 Å². The van der Waals surface area contributed by atoms with Crippen LogP contribution in [0.1, 0.15) is 12.5 Å². The van der Waals surface area contributed by atoms with Crippen molar-refractivity contribution in [3.8, 4) is 0 Å². The molecule has 2 aromatic carbocycles. The van der Waals surface area contributed by atoms with Crippen molar-refractivity contribution in [2.24, 2.45) is 0 Å². The summed E-state index contributed by atoms with van der Waals surface area (Å²) in [5.74, 6) is 1.13. The van der Waals surface area contributed by atoms with E-state index in [2.05, 4.69) is 56.3 Å². The van der Waals surface area contributed by atoms with E-state index in [0.717, 1.165) is 54.7 Å². The second-order valence-electron chi connectivity index (χ2n) is 7.34. The standard InChI is InChI=1S/C24H27N5OS/c1-2-19-8-6-7-11-21(19)27-22(30)18-31-24-23(25-12-13-26-24)29-16-14-28(15-17-29)20-9-4-3-5-10-20/h3-13H,2,14-18H2,1H3,(H,27,30). The second-order valence-corrected chi connectivity index (χ2v) is 8.31. The SMILES string of the molecule is CCc1ccccc1NC(=O)CSc1nccnc1N1CCN(c2ccccc2)CC1. The number of para-hydroxylation sites is 2. The number of aryl methyl sites for hydroxylation is 1. The molecule has 6 nitrogen and oxygen atoms in total. The number of benzene rings is 2. The van der Waals surface area contributed by atoms with Crippen LogP contribution >= 0.6 is 11.8 Å². The molecule has 1 amide bonds. The lowest BCUT2D eigenvalue weighted by atomic mass is 10.1. The first kappa shape index (κ1) is 21.2. The summed E-state index contributed by atoms with van der Waals surface area (Å²) < 4.78 is 0. The van der Waals surface area contributed by atoms with Gasteiger partial charge in [-0.05, 0) is 30.2 Å². The summed E-state index contributed by atoms with van der Waals surface area (Å²) >= 11 is 1.44. The highest BCUT2D eigenvalue weighted by molar-refractivity contribution is 8.00. The Morgan fingerprint density at radius 2 is 1.61 bits per heavy atom. The van der Waals surface area contributed by atoms with Crippen molar-refractivity contribution in [2.75, 3.05) is 47.0 Å². The molecule has 160 valence electrons. The van der Waals surface area contributed by atoms with Crippen LogP contribution in [0.5, 0.6) is 0 Å². The van der Waals surface area contributed by atoms with Crippen LogP contribution in [-0.2, 0) is 11.2 Å². The van der Waals surface area contributed by atoms with Gasteiger partial charge < -0.3 is 15.1 Å². The van der Waals surface area contributed by atoms with E-state index in [1.807, 2.05) is 30.3 Å². The van der Waals surface area contributed by atoms with Gasteiger partial charge in [-0.1, -0.05) is 55.1 Å². The van der Waals surface area contributed by atoms with Gasteiger partial charge in [-0.25, -0.2) is 9.97 Å². The van der Waals surface area contributed by atoms with Crippen LogP contribution in [0, 0.1) is 0 Å². The lowest BCUT2D eigenvalue weighted by molar-refractivity contribution is -0.113. The molecule has 0 unspecified atom stereocenters. The van der Waals surface area contributed by atoms with Crippen LogP contribution in [0.3, 0.4) is 0 Å². The van der Waals surface area contributed by atoms with Crippen LogP contribution in [0.15, 0.2) is 72.0 Å². The van der Waals surface area contributed by atoms with Crippen LogP contribution in [0.4, 0.5) is 17.2 Å². The summed E-state index contributed by atoms with van der Waals surface area (Å²) in [6.07, 6.45) is 4.30. The van der Waals surface area contributed by atoms with Crippen molar-refractivity contribution < 1.29 is 4.79 Å². The summed E-state index contributed by atoms with van der Waals surface area (Å²) in [4.78, 5) is 26.3. The van der Waals surface area contributed by atoms with Crippen molar-refractivity contribution in [1.29, 1.82) is 0 Å². The Hall–Kier alpha value is -3.06. The smallest absolute Gasteiger partial charge is 0.234 e. The molecule has 0 atom stereocenters. The number of piperazine rings is 1. The van der Waals surface area contributed by atoms with Gasteiger partial charge in [0.25, 0.3) is 0 Å². The fraction of sp³-hybridized carbons (Fsp3) is 0.292. The van der Waals surface area contributed by atoms with Gasteiger partial charge in [0.05, 0.1) is 5.75 Å². The highest BCUT2D eigenvalue weighted by atomic mass is 32.2. The van der Waals surface area contributed by atoms with Crippen molar-refractivity contribution >= 4 is 34.9 Å². The molecule has 31 heavy (non-hydrogen) atoms. The first-order chi connectivity index (χ1) is 15.2. The van der Waals surface area contributed by atoms with Crippen molar-refractivity contribution in [1.82, 2.24) is 9.97 Å². The Labute approximate surface area is 187 Å². The zero-order chi connectivity index (χ0) is 21.5. The summed E-state index contributed by atoms with van der Waals surface area (Å²) in [5, 5.41) is 3.83. The Balaban J connectivity index is 1.36. The van der Waals surface area contributed by atoms with Gasteiger partial charge in [0.15, 0.2) is 5.82 Å². The van der Waals surface area contributed by atoms with Gasteiger partial charge in [0.1, 0.15) is 5.03 Å². The first-order valence-electron chi connectivity index (χ1n) is 10.6. The number of carbonyl (C=O) groups is 1. The molecule has 7 heteroatoms. The predicted molar refractivity (Wildman–Crippen MR) is 128 cm³/mol. The molecule has 1 fully saturated rings. The molecule has 0 aliphatic carbocycles. The third kappa shape index (κ3) is 5.35. The van der Waals surface area contributed by atoms with Gasteiger partial charge >= 0.3 is 0 Å². The maximum Gasteiger partial charge on any atom is 0.234 e. The fourth-order valence-electron chi connectivity index (χ4n) is 3.72. The molecular weight excluding hydrogens is 406 g/mol. The average molecular weight is 434 g/mol. The number of hydrogen-bond donors (Lipinski definition) is 1. The summed E-state index contributed by atoms with van der Waals surface area (Å²) in [6.45, 7) is 5.69. The molecule has 2 heterocycles. The number of rotatable bonds is 7. The highest BCUT2D eigenvalue weighted by Crippen LogP contribution is 2.28. The Bertz CT molecular complexity index is 1010. The third-order valence-electron chi connectivity index (χ3n) is 5.36. The van der Waals surface area contributed by atoms with Crippen LogP contribution in [0.2, 0.25) is 0 Å². The summed E-state index contributed by atoms with van der Waals surface area (Å²) in [7, 11) is 0. The Morgan fingerprint density at radius 1 is 0.935 bits per heavy atom. The van der Waals surface area contributed by atoms with Gasteiger partial charge in [-0.3, -0.25) is 4.79 Å². The fourth-order valence-corrected chi connectivity index (χ4v) is 4.51. The predicted octanol–water partition coefficient (Wildman–Crippen LogP) is 4.10. The second kappa shape index (κ2) is 10.3. The number of hydrogen-bond acceptors (Lipinski definition) is 6. The zero-order valence-electron chi connectivity index (χ0n) is 17.7. The van der Waals surface area contributed by atoms with E-state index in [1.165, 1.54) is 17.4 Å². The van der Waals surface area contributed by atoms with E-state index < -0.39 is 0 Å². The number of carbonyl (C=O) groups excluding carboxylic acids is 1. The zero-order valence-corrected chi connectivity index (χ0v) is 18.5. The molecule has 0 bridgehead atoms. The third-order valence-corrected chi connectivity index (χ3v) is 6.33. The lowest BCUT2D eigenvalue weighted by Gasteiger charge is -2.37. The van der Waals surface area contributed by atoms with Crippen LogP contribution in [-0.4, -0.2) is 47.8 Å². The maximum absolute atomic E-state index is 12.5. The van der Waals surface area contributed by atoms with Crippen molar-refractivity contribution in [2.45, 2.75) is 18.4 Å². The molecule has 1 aromatic heterocycles. The molecule has 1 saturated heterocycles. The minimum absolute atomic E-state index is 0.0311. The number of thioether (sulfide) groups is 1. The van der Waals surface area contributed by atoms with E-state index in [9.17, 15) is 4.79 Å². The van der Waals surface area contributed by atoms with Gasteiger partial charge in [-0.15, -0.1) is 0 Å². The molecular formula is C24H27N5OS. The Kier molecular flexibility index (Phi) is 7.04. The molecule has 1 aliphatic heterocycles.